The maximum atomic E-state index is 13.0. The Bertz CT molecular complexity index is 4750. The van der Waals surface area contributed by atoms with Crippen molar-refractivity contribution in [1.29, 1.82) is 16.2 Å². The Labute approximate surface area is 718 Å². The predicted octanol–water partition coefficient (Wildman–Crippen LogP) is 14.7. The Balaban J connectivity index is 0.000000158. The largest absolute Gasteiger partial charge is 0.459 e. The molecule has 14 rings (SSSR count). The standard InChI is InChI=1S/C26H37N5O2.C24H33N5O2.C23H33N5O.C22H35N3O3/c1-16-12-17(2)24-19(13-16)14-21(26(32)28-18(3)27)25(30-24)31-11-10-22(23(15-31)33-4)29-20-8-6-5-7-9-20;1-15-12-16(2)22-18(13-15)14-21(24(30)26-17(3)25)23(28-22)29-8-4-19(5-9-29)27-20-6-10-31-11-7-20;1-14(2)13-25-19-6-8-28(9-7-19)22-20(23(29)26-17(5)24)12-18-11-15(3)10-16(4)21(18)27-22;1-15(2)28-22(26)18-12-16(3)13-23-21(18)25-11-10-19(20(14-25)27-4)24-17-8-6-5-7-9-17/h12-14,20,22-23,29H,5-11,15H2,1-4H3,(H2,27,28,32);12-14,19-20,27H,4-11H2,1-3H3,(H2,25,26,30);10-12,14,19,25H,6-9,13H2,1-5H3,(H2,24,26,29);12-13,15,17,19-20,24H,5-11,14H2,1-4H3/t22-,23+;;;19-,20+/m1..0/s1. The molecule has 2 aliphatic carbocycles. The third-order valence-electron chi connectivity index (χ3n) is 24.4. The molecule has 7 aliphatic rings. The Morgan fingerprint density at radius 1 is 0.430 bits per heavy atom. The van der Waals surface area contributed by atoms with Gasteiger partial charge in [0.2, 0.25) is 0 Å². The van der Waals surface area contributed by atoms with Crippen molar-refractivity contribution in [3.63, 3.8) is 0 Å². The van der Waals surface area contributed by atoms with E-state index in [0.717, 1.165) is 200 Å². The van der Waals surface area contributed by atoms with Crippen LogP contribution in [0.25, 0.3) is 32.7 Å². The summed E-state index contributed by atoms with van der Waals surface area (Å²) in [6.45, 7) is 36.4. The topological polar surface area (TPSA) is 325 Å². The van der Waals surface area contributed by atoms with Crippen LogP contribution in [0.1, 0.15) is 244 Å². The van der Waals surface area contributed by atoms with Crippen LogP contribution in [0.3, 0.4) is 0 Å². The highest BCUT2D eigenvalue weighted by Gasteiger charge is 2.37. The Morgan fingerprint density at radius 3 is 1.17 bits per heavy atom. The molecule has 0 spiro atoms. The van der Waals surface area contributed by atoms with E-state index >= 15 is 0 Å². The molecule has 7 fully saturated rings. The number of pyridine rings is 4. The number of benzene rings is 3. The molecule has 121 heavy (non-hydrogen) atoms. The van der Waals surface area contributed by atoms with Crippen molar-refractivity contribution in [2.75, 3.05) is 106 Å². The summed E-state index contributed by atoms with van der Waals surface area (Å²) in [5.41, 5.74) is 12.6. The number of ether oxygens (including phenoxy) is 4. The van der Waals surface area contributed by atoms with Crippen LogP contribution in [0.15, 0.2) is 66.9 Å². The Morgan fingerprint density at radius 2 is 0.793 bits per heavy atom. The number of esters is 1. The number of rotatable bonds is 20. The van der Waals surface area contributed by atoms with Gasteiger partial charge in [0.1, 0.15) is 28.8 Å². The van der Waals surface area contributed by atoms with Gasteiger partial charge in [0.15, 0.2) is 0 Å². The minimum absolute atomic E-state index is 0.0256. The van der Waals surface area contributed by atoms with Crippen LogP contribution < -0.4 is 56.8 Å². The molecule has 3 aromatic carbocycles. The molecule has 0 radical (unpaired) electrons. The first kappa shape index (κ1) is 92.6. The summed E-state index contributed by atoms with van der Waals surface area (Å²) in [7, 11) is 3.55. The van der Waals surface area contributed by atoms with E-state index in [9.17, 15) is 19.2 Å². The fraction of sp³-hybridized carbons (Fsp3) is 0.589. The summed E-state index contributed by atoms with van der Waals surface area (Å²) in [6.07, 6.45) is 22.9. The van der Waals surface area contributed by atoms with Gasteiger partial charge in [0.05, 0.1) is 69.1 Å². The van der Waals surface area contributed by atoms with Crippen LogP contribution >= 0.6 is 0 Å². The van der Waals surface area contributed by atoms with Crippen LogP contribution in [-0.2, 0) is 18.9 Å². The molecular formula is C95H138N18O8. The molecule has 26 nitrogen and oxygen atoms in total. The second-order valence-corrected chi connectivity index (χ2v) is 35.7. The summed E-state index contributed by atoms with van der Waals surface area (Å²) in [5, 5.41) is 49.0. The normalized spacial score (nSPS) is 19.8. The summed E-state index contributed by atoms with van der Waals surface area (Å²) in [4.78, 5) is 79.7. The molecule has 0 unspecified atom stereocenters. The molecule has 26 heteroatoms. The fourth-order valence-electron chi connectivity index (χ4n) is 18.5. The lowest BCUT2D eigenvalue weighted by atomic mass is 9.92. The molecule has 4 atom stereocenters. The van der Waals surface area contributed by atoms with Crippen molar-refractivity contribution in [3.05, 3.63) is 128 Å². The van der Waals surface area contributed by atoms with Crippen molar-refractivity contribution in [2.45, 2.75) is 273 Å². The number of hydrogen-bond acceptors (Lipinski definition) is 23. The van der Waals surface area contributed by atoms with Gasteiger partial charge in [-0.2, -0.15) is 0 Å². The maximum Gasteiger partial charge on any atom is 0.342 e. The zero-order valence-corrected chi connectivity index (χ0v) is 75.1. The van der Waals surface area contributed by atoms with Crippen molar-refractivity contribution < 1.29 is 38.1 Å². The van der Waals surface area contributed by atoms with Gasteiger partial charge in [0.25, 0.3) is 17.7 Å². The zero-order valence-electron chi connectivity index (χ0n) is 75.1. The smallest absolute Gasteiger partial charge is 0.342 e. The van der Waals surface area contributed by atoms with Gasteiger partial charge in [-0.15, -0.1) is 0 Å². The van der Waals surface area contributed by atoms with E-state index in [1.54, 1.807) is 35.0 Å². The quantitative estimate of drug-likeness (QED) is 0.0193. The monoisotopic (exact) mass is 1660 g/mol. The van der Waals surface area contributed by atoms with Gasteiger partial charge in [0, 0.05) is 144 Å². The van der Waals surface area contributed by atoms with Gasteiger partial charge in [-0.1, -0.05) is 87.3 Å². The first-order valence-electron chi connectivity index (χ1n) is 44.7. The molecule has 9 heterocycles. The van der Waals surface area contributed by atoms with Crippen LogP contribution in [0, 0.1) is 70.6 Å². The average molecular weight is 1660 g/mol. The Kier molecular flexibility index (Phi) is 33.5. The van der Waals surface area contributed by atoms with Crippen LogP contribution in [0.5, 0.6) is 0 Å². The first-order chi connectivity index (χ1) is 58.0. The van der Waals surface area contributed by atoms with Gasteiger partial charge in [-0.05, 0) is 237 Å². The molecular weight excluding hydrogens is 1520 g/mol. The summed E-state index contributed by atoms with van der Waals surface area (Å²) in [6, 6.07) is 23.6. The number of nitrogens with zero attached hydrogens (tertiary/aromatic N) is 8. The number of piperidine rings is 4. The molecule has 7 aromatic rings. The van der Waals surface area contributed by atoms with Crippen molar-refractivity contribution in [3.8, 4) is 0 Å². The van der Waals surface area contributed by atoms with Crippen molar-refractivity contribution in [2.24, 2.45) is 5.92 Å². The predicted molar refractivity (Wildman–Crippen MR) is 489 cm³/mol. The number of carbonyl (C=O) groups is 4. The van der Waals surface area contributed by atoms with E-state index in [1.165, 1.54) is 64.2 Å². The summed E-state index contributed by atoms with van der Waals surface area (Å²) in [5.74, 6) is 2.74. The van der Waals surface area contributed by atoms with E-state index in [0.29, 0.717) is 88.6 Å². The Hall–Kier alpha value is -9.15. The summed E-state index contributed by atoms with van der Waals surface area (Å²) < 4.78 is 22.7. The number of anilines is 4. The van der Waals surface area contributed by atoms with E-state index in [2.05, 4.69) is 154 Å². The lowest BCUT2D eigenvalue weighted by molar-refractivity contribution is 0.0374. The second kappa shape index (κ2) is 43.8. The SMILES string of the molecule is CC(=N)NC(=O)c1cc2cc(C)cc(C)c2nc1N1CCC(NC2CCOCC2)CC1.CC(=N)NC(=O)c1cc2cc(C)cc(C)c2nc1N1CCC(NCC(C)C)CC1.CO[C@@H]1CN(c2ncc(C)cc2C(=O)OC(C)C)CC[C@@H]1NC1CCCCC1.CO[C@H]1CN(c2nc3c(C)cc(C)cc3cc2C(=O)NC(C)=N)CC[C@H]1NC1CCCCC1. The van der Waals surface area contributed by atoms with Crippen molar-refractivity contribution >= 4 is 97.2 Å². The number of amidine groups is 3. The van der Waals surface area contributed by atoms with Crippen LogP contribution in [0.4, 0.5) is 23.3 Å². The minimum atomic E-state index is -0.308. The van der Waals surface area contributed by atoms with Crippen LogP contribution in [-0.4, -0.2) is 208 Å². The number of amides is 3. The summed E-state index contributed by atoms with van der Waals surface area (Å²) >= 11 is 0. The molecule has 5 aliphatic heterocycles. The molecule has 3 amide bonds. The molecule has 5 saturated heterocycles. The second-order valence-electron chi connectivity index (χ2n) is 35.7. The van der Waals surface area contributed by atoms with Crippen LogP contribution in [0.2, 0.25) is 0 Å². The number of fused-ring (bicyclic) bond motifs is 3. The van der Waals surface area contributed by atoms with Gasteiger partial charge in [-0.3, -0.25) is 30.6 Å². The molecule has 10 N–H and O–H groups in total. The molecule has 0 bridgehead atoms. The number of hydrogen-bond donors (Lipinski definition) is 10. The third kappa shape index (κ3) is 25.5. The highest BCUT2D eigenvalue weighted by Crippen LogP contribution is 2.35. The van der Waals surface area contributed by atoms with E-state index in [1.807, 2.05) is 51.2 Å². The highest BCUT2D eigenvalue weighted by atomic mass is 16.5. The first-order valence-corrected chi connectivity index (χ1v) is 44.7. The average Bonchev–Trinajstić information content (AvgIpc) is 0.788. The lowest BCUT2D eigenvalue weighted by Crippen LogP contribution is -2.56. The lowest BCUT2D eigenvalue weighted by Gasteiger charge is -2.41. The highest BCUT2D eigenvalue weighted by molar-refractivity contribution is 6.12. The number of carbonyl (C=O) groups excluding carboxylic acids is 4. The minimum Gasteiger partial charge on any atom is -0.459 e. The number of methoxy groups -OCH3 is 2. The molecule has 2 saturated carbocycles. The van der Waals surface area contributed by atoms with Crippen molar-refractivity contribution in [1.82, 2.24) is 57.2 Å². The molecule has 4 aromatic heterocycles. The van der Waals surface area contributed by atoms with E-state index in [4.69, 9.17) is 50.1 Å². The van der Waals surface area contributed by atoms with Gasteiger partial charge < -0.3 is 75.8 Å². The van der Waals surface area contributed by atoms with Gasteiger partial charge in [-0.25, -0.2) is 24.7 Å². The van der Waals surface area contributed by atoms with E-state index in [-0.39, 0.29) is 59.5 Å². The molecule has 656 valence electrons. The number of aryl methyl sites for hydroxylation is 7. The number of aromatic nitrogens is 4. The maximum absolute atomic E-state index is 13.0. The third-order valence-corrected chi connectivity index (χ3v) is 24.4. The van der Waals surface area contributed by atoms with Gasteiger partial charge >= 0.3 is 5.97 Å². The number of nitrogens with one attached hydrogen (secondary N) is 10. The fourth-order valence-corrected chi connectivity index (χ4v) is 18.5. The van der Waals surface area contributed by atoms with E-state index < -0.39 is 0 Å². The zero-order chi connectivity index (χ0) is 86.7.